The van der Waals surface area contributed by atoms with Crippen LogP contribution in [-0.4, -0.2) is 0 Å². The van der Waals surface area contributed by atoms with Crippen molar-refractivity contribution in [3.63, 3.8) is 0 Å². The maximum atomic E-state index is 2.54. The Bertz CT molecular complexity index is 2200. The highest BCUT2D eigenvalue weighted by Crippen LogP contribution is 2.58. The predicted octanol–water partition coefficient (Wildman–Crippen LogP) is 11.4. The standard InChI is InChI=1S/C43H36/c1-41(2)34-17-11-9-14-27(34)29-20-19-25(21-36(29)41)31-22-39-40(30-16-8-7-13-26(30)31)33-24-37-32(23-38(33)43(39,5)6)28-15-10-12-18-35(28)42(37,3)4/h7-24H,1-6H3. The summed E-state index contributed by atoms with van der Waals surface area (Å²) in [5.74, 6) is 0. The minimum Gasteiger partial charge on any atom is -0.0619 e. The van der Waals surface area contributed by atoms with E-state index in [1.165, 1.54) is 88.7 Å². The average molecular weight is 553 g/mol. The van der Waals surface area contributed by atoms with E-state index >= 15 is 0 Å². The summed E-state index contributed by atoms with van der Waals surface area (Å²) < 4.78 is 0. The van der Waals surface area contributed by atoms with E-state index in [0.29, 0.717) is 0 Å². The van der Waals surface area contributed by atoms with Gasteiger partial charge < -0.3 is 0 Å². The largest absolute Gasteiger partial charge is 0.0619 e. The third-order valence-electron chi connectivity index (χ3n) is 11.3. The number of benzene rings is 6. The molecule has 0 N–H and O–H groups in total. The van der Waals surface area contributed by atoms with E-state index in [0.717, 1.165) is 0 Å². The second-order valence-corrected chi connectivity index (χ2v) is 14.6. The van der Waals surface area contributed by atoms with Crippen LogP contribution in [0.4, 0.5) is 0 Å². The third-order valence-corrected chi connectivity index (χ3v) is 11.3. The van der Waals surface area contributed by atoms with E-state index in [9.17, 15) is 0 Å². The van der Waals surface area contributed by atoms with Crippen molar-refractivity contribution in [2.45, 2.75) is 57.8 Å². The van der Waals surface area contributed by atoms with Crippen molar-refractivity contribution in [3.05, 3.63) is 143 Å². The summed E-state index contributed by atoms with van der Waals surface area (Å²) in [6, 6.07) is 41.8. The van der Waals surface area contributed by atoms with E-state index < -0.39 is 0 Å². The smallest absolute Gasteiger partial charge is 0.0159 e. The summed E-state index contributed by atoms with van der Waals surface area (Å²) in [6.45, 7) is 14.4. The van der Waals surface area contributed by atoms with E-state index in [1.54, 1.807) is 0 Å². The Hall–Kier alpha value is -4.42. The van der Waals surface area contributed by atoms with Crippen LogP contribution in [0.2, 0.25) is 0 Å². The number of hydrogen-bond donors (Lipinski definition) is 0. The summed E-state index contributed by atoms with van der Waals surface area (Å²) in [7, 11) is 0. The fraction of sp³-hybridized carbons (Fsp3) is 0.209. The minimum absolute atomic E-state index is 0.0155. The molecule has 0 unspecified atom stereocenters. The van der Waals surface area contributed by atoms with Crippen LogP contribution in [0, 0.1) is 0 Å². The van der Waals surface area contributed by atoms with Gasteiger partial charge in [-0.05, 0) is 113 Å². The number of hydrogen-bond acceptors (Lipinski definition) is 0. The third kappa shape index (κ3) is 3.02. The Kier molecular flexibility index (Phi) is 4.64. The van der Waals surface area contributed by atoms with Gasteiger partial charge in [-0.1, -0.05) is 126 Å². The van der Waals surface area contributed by atoms with Gasteiger partial charge >= 0.3 is 0 Å². The SMILES string of the molecule is CC1(C)c2ccccc2-c2ccc(-c3cc4c(c5ccccc35)-c3cc5c(cc3C4(C)C)-c3ccccc3C5(C)C)cc21. The lowest BCUT2D eigenvalue weighted by molar-refractivity contribution is 0.652. The van der Waals surface area contributed by atoms with Crippen LogP contribution >= 0.6 is 0 Å². The molecule has 0 aliphatic heterocycles. The van der Waals surface area contributed by atoms with Crippen molar-refractivity contribution in [1.82, 2.24) is 0 Å². The van der Waals surface area contributed by atoms with Gasteiger partial charge in [0.1, 0.15) is 0 Å². The molecule has 6 aromatic carbocycles. The van der Waals surface area contributed by atoms with Crippen molar-refractivity contribution < 1.29 is 0 Å². The lowest BCUT2D eigenvalue weighted by Crippen LogP contribution is -2.17. The fourth-order valence-electron chi connectivity index (χ4n) is 8.89. The molecule has 0 amide bonds. The van der Waals surface area contributed by atoms with E-state index in [2.05, 4.69) is 151 Å². The zero-order valence-electron chi connectivity index (χ0n) is 25.9. The van der Waals surface area contributed by atoms with Gasteiger partial charge in [-0.3, -0.25) is 0 Å². The monoisotopic (exact) mass is 552 g/mol. The van der Waals surface area contributed by atoms with Gasteiger partial charge in [0.2, 0.25) is 0 Å². The molecule has 0 heteroatoms. The van der Waals surface area contributed by atoms with Gasteiger partial charge in [0, 0.05) is 16.2 Å². The lowest BCUT2D eigenvalue weighted by atomic mass is 9.78. The normalized spacial score (nSPS) is 17.2. The quantitative estimate of drug-likeness (QED) is 0.190. The zero-order valence-corrected chi connectivity index (χ0v) is 25.9. The highest BCUT2D eigenvalue weighted by molar-refractivity contribution is 6.10. The summed E-state index contributed by atoms with van der Waals surface area (Å²) >= 11 is 0. The molecule has 3 aliphatic rings. The van der Waals surface area contributed by atoms with Crippen molar-refractivity contribution in [3.8, 4) is 44.5 Å². The Morgan fingerprint density at radius 1 is 0.326 bits per heavy atom. The van der Waals surface area contributed by atoms with Crippen LogP contribution in [0.5, 0.6) is 0 Å². The number of fused-ring (bicyclic) bond motifs is 11. The Labute approximate surface area is 255 Å². The van der Waals surface area contributed by atoms with Crippen molar-refractivity contribution in [2.24, 2.45) is 0 Å². The van der Waals surface area contributed by atoms with Gasteiger partial charge in [0.15, 0.2) is 0 Å². The van der Waals surface area contributed by atoms with Crippen LogP contribution in [0.3, 0.4) is 0 Å². The molecule has 0 heterocycles. The summed E-state index contributed by atoms with van der Waals surface area (Å²) in [6.07, 6.45) is 0. The topological polar surface area (TPSA) is 0 Å². The van der Waals surface area contributed by atoms with Crippen molar-refractivity contribution in [2.75, 3.05) is 0 Å². The lowest BCUT2D eigenvalue weighted by Gasteiger charge is -2.25. The molecular formula is C43H36. The molecule has 0 nitrogen and oxygen atoms in total. The van der Waals surface area contributed by atoms with Crippen LogP contribution in [-0.2, 0) is 16.2 Å². The summed E-state index contributed by atoms with van der Waals surface area (Å²) in [5.41, 5.74) is 19.5. The van der Waals surface area contributed by atoms with E-state index in [4.69, 9.17) is 0 Å². The van der Waals surface area contributed by atoms with E-state index in [-0.39, 0.29) is 16.2 Å². The molecule has 0 spiro atoms. The maximum absolute atomic E-state index is 2.54. The molecule has 0 fully saturated rings. The van der Waals surface area contributed by atoms with Gasteiger partial charge in [-0.15, -0.1) is 0 Å². The first-order chi connectivity index (χ1) is 20.6. The molecule has 0 radical (unpaired) electrons. The predicted molar refractivity (Wildman–Crippen MR) is 182 cm³/mol. The average Bonchev–Trinajstić information content (AvgIpc) is 3.49. The zero-order chi connectivity index (χ0) is 29.5. The second kappa shape index (κ2) is 7.94. The molecule has 0 aromatic heterocycles. The Morgan fingerprint density at radius 3 is 1.49 bits per heavy atom. The van der Waals surface area contributed by atoms with Gasteiger partial charge in [0.05, 0.1) is 0 Å². The van der Waals surface area contributed by atoms with E-state index in [1.807, 2.05) is 0 Å². The van der Waals surface area contributed by atoms with Gasteiger partial charge in [0.25, 0.3) is 0 Å². The minimum atomic E-state index is -0.105. The molecule has 0 bridgehead atoms. The number of rotatable bonds is 1. The van der Waals surface area contributed by atoms with Crippen LogP contribution in [0.15, 0.2) is 109 Å². The molecule has 0 saturated heterocycles. The molecular weight excluding hydrogens is 516 g/mol. The molecule has 43 heavy (non-hydrogen) atoms. The molecule has 6 aromatic rings. The van der Waals surface area contributed by atoms with Crippen molar-refractivity contribution in [1.29, 1.82) is 0 Å². The fourth-order valence-corrected chi connectivity index (χ4v) is 8.89. The van der Waals surface area contributed by atoms with Crippen molar-refractivity contribution >= 4 is 10.8 Å². The Morgan fingerprint density at radius 2 is 0.791 bits per heavy atom. The van der Waals surface area contributed by atoms with Crippen LogP contribution < -0.4 is 0 Å². The molecule has 0 atom stereocenters. The first-order valence-corrected chi connectivity index (χ1v) is 15.7. The second-order valence-electron chi connectivity index (χ2n) is 14.6. The summed E-state index contributed by atoms with van der Waals surface area (Å²) in [4.78, 5) is 0. The molecule has 208 valence electrons. The van der Waals surface area contributed by atoms with Gasteiger partial charge in [-0.2, -0.15) is 0 Å². The molecule has 3 aliphatic carbocycles. The first kappa shape index (κ1) is 25.1. The van der Waals surface area contributed by atoms with Crippen LogP contribution in [0.1, 0.15) is 74.9 Å². The van der Waals surface area contributed by atoms with Gasteiger partial charge in [-0.25, -0.2) is 0 Å². The van der Waals surface area contributed by atoms with Crippen LogP contribution in [0.25, 0.3) is 55.3 Å². The highest BCUT2D eigenvalue weighted by Gasteiger charge is 2.42. The Balaban J connectivity index is 1.29. The first-order valence-electron chi connectivity index (χ1n) is 15.7. The molecule has 0 saturated carbocycles. The maximum Gasteiger partial charge on any atom is 0.0159 e. The summed E-state index contributed by atoms with van der Waals surface area (Å²) in [5, 5.41) is 2.69. The molecule has 9 rings (SSSR count). The highest BCUT2D eigenvalue weighted by atomic mass is 14.5.